The highest BCUT2D eigenvalue weighted by Gasteiger charge is 2.16. The van der Waals surface area contributed by atoms with E-state index in [9.17, 15) is 19.2 Å². The highest BCUT2D eigenvalue weighted by molar-refractivity contribution is 5.94. The molecule has 0 spiro atoms. The van der Waals surface area contributed by atoms with Crippen LogP contribution < -0.4 is 28.4 Å². The molecule has 0 aliphatic carbocycles. The molecule has 0 unspecified atom stereocenters. The number of carbonyl (C=O) groups is 4. The Morgan fingerprint density at radius 1 is 0.333 bits per heavy atom. The molecular formula is C71H85N3O10. The summed E-state index contributed by atoms with van der Waals surface area (Å²) >= 11 is 0. The Kier molecular flexibility index (Phi) is 27.6. The quantitative estimate of drug-likeness (QED) is 0.0205. The predicted octanol–water partition coefficient (Wildman–Crippen LogP) is 18.0. The zero-order valence-electron chi connectivity index (χ0n) is 49.4. The van der Waals surface area contributed by atoms with Crippen molar-refractivity contribution in [2.24, 2.45) is 0 Å². The van der Waals surface area contributed by atoms with Crippen LogP contribution in [0.4, 0.5) is 0 Å². The molecule has 444 valence electrons. The SMILES string of the molecule is CCCCCCCCCCCCCCOc1ccc(C(=O)Oc2ccc(C(=O)Oc3ccc(Cn4cc(-c5ccc(OC(=O)c6ccc(OC(=O)c7ccc(OCCCCCCCCCCCCCC)cc7)cc6)cc5)nn4)cc3)cc2)cc1. The molecule has 13 nitrogen and oxygen atoms in total. The summed E-state index contributed by atoms with van der Waals surface area (Å²) < 4.78 is 35.9. The second kappa shape index (κ2) is 36.5. The summed E-state index contributed by atoms with van der Waals surface area (Å²) in [6.45, 7) is 6.22. The maximum atomic E-state index is 13.0. The Bertz CT molecular complexity index is 3010. The van der Waals surface area contributed by atoms with E-state index >= 15 is 0 Å². The largest absolute Gasteiger partial charge is 0.494 e. The molecular weight excluding hydrogens is 1050 g/mol. The lowest BCUT2D eigenvalue weighted by Gasteiger charge is -2.09. The third-order valence-corrected chi connectivity index (χ3v) is 14.7. The van der Waals surface area contributed by atoms with Crippen molar-refractivity contribution < 1.29 is 47.6 Å². The number of esters is 4. The van der Waals surface area contributed by atoms with Crippen molar-refractivity contribution in [3.05, 3.63) is 180 Å². The summed E-state index contributed by atoms with van der Waals surface area (Å²) in [4.78, 5) is 51.8. The van der Waals surface area contributed by atoms with Crippen molar-refractivity contribution in [3.8, 4) is 45.8 Å². The standard InChI is InChI=1S/C71H85N3O10/c1-3-5-7-9-11-13-15-17-19-21-23-25-51-79-61-41-31-57(32-42-61)68(75)83-65-47-35-59(36-48-65)70(77)81-63-39-27-55(28-40-63)53-74-54-67(72-73-74)56-29-45-64(46-30-56)82-71(78)60-37-49-66(50-38-60)84-69(76)58-33-43-62(44-34-58)80-52-26-24-22-20-18-16-14-12-10-8-6-4-2/h27-50,54H,3-26,51-53H2,1-2H3. The van der Waals surface area contributed by atoms with Gasteiger partial charge in [0.05, 0.1) is 48.2 Å². The van der Waals surface area contributed by atoms with Gasteiger partial charge in [-0.25, -0.2) is 23.9 Å². The summed E-state index contributed by atoms with van der Waals surface area (Å²) in [5, 5.41) is 8.61. The minimum atomic E-state index is -0.566. The Balaban J connectivity index is 0.750. The second-order valence-corrected chi connectivity index (χ2v) is 21.6. The van der Waals surface area contributed by atoms with Crippen LogP contribution in [0.5, 0.6) is 34.5 Å². The smallest absolute Gasteiger partial charge is 0.343 e. The van der Waals surface area contributed by atoms with Crippen molar-refractivity contribution in [2.75, 3.05) is 13.2 Å². The van der Waals surface area contributed by atoms with E-state index in [-0.39, 0.29) is 5.56 Å². The van der Waals surface area contributed by atoms with Crippen molar-refractivity contribution in [1.82, 2.24) is 15.0 Å². The molecule has 84 heavy (non-hydrogen) atoms. The number of ether oxygens (including phenoxy) is 6. The summed E-state index contributed by atoms with van der Waals surface area (Å²) in [6, 6.07) is 40.3. The molecule has 0 N–H and O–H groups in total. The average molecular weight is 1140 g/mol. The van der Waals surface area contributed by atoms with Gasteiger partial charge in [-0.1, -0.05) is 172 Å². The average Bonchev–Trinajstić information content (AvgIpc) is 4.20. The van der Waals surface area contributed by atoms with Gasteiger partial charge in [-0.2, -0.15) is 0 Å². The molecule has 0 atom stereocenters. The van der Waals surface area contributed by atoms with Gasteiger partial charge in [-0.05, 0) is 152 Å². The van der Waals surface area contributed by atoms with Gasteiger partial charge in [-0.3, -0.25) is 0 Å². The van der Waals surface area contributed by atoms with E-state index < -0.39 is 23.9 Å². The highest BCUT2D eigenvalue weighted by atomic mass is 16.5. The fraction of sp³-hybridized carbons (Fsp3) is 0.408. The lowest BCUT2D eigenvalue weighted by Crippen LogP contribution is -2.10. The lowest BCUT2D eigenvalue weighted by atomic mass is 10.1. The number of hydrogen-bond donors (Lipinski definition) is 0. The molecule has 0 aliphatic rings. The molecule has 0 saturated carbocycles. The number of hydrogen-bond acceptors (Lipinski definition) is 12. The van der Waals surface area contributed by atoms with Crippen LogP contribution in [0.15, 0.2) is 152 Å². The lowest BCUT2D eigenvalue weighted by molar-refractivity contribution is 0.0720. The first-order chi connectivity index (χ1) is 41.2. The van der Waals surface area contributed by atoms with Gasteiger partial charge in [0, 0.05) is 5.56 Å². The maximum absolute atomic E-state index is 13.0. The van der Waals surface area contributed by atoms with Gasteiger partial charge in [0.1, 0.15) is 40.2 Å². The monoisotopic (exact) mass is 1140 g/mol. The predicted molar refractivity (Wildman–Crippen MR) is 330 cm³/mol. The normalized spacial score (nSPS) is 11.0. The third kappa shape index (κ3) is 22.9. The third-order valence-electron chi connectivity index (χ3n) is 14.7. The first-order valence-electron chi connectivity index (χ1n) is 30.9. The number of rotatable bonds is 39. The van der Waals surface area contributed by atoms with E-state index in [0.717, 1.165) is 36.8 Å². The first-order valence-corrected chi connectivity index (χ1v) is 30.9. The second-order valence-electron chi connectivity index (χ2n) is 21.6. The molecule has 7 aromatic rings. The molecule has 0 amide bonds. The van der Waals surface area contributed by atoms with E-state index in [2.05, 4.69) is 24.2 Å². The molecule has 0 aliphatic heterocycles. The van der Waals surface area contributed by atoms with Gasteiger partial charge < -0.3 is 28.4 Å². The van der Waals surface area contributed by atoms with E-state index in [0.29, 0.717) is 76.6 Å². The van der Waals surface area contributed by atoms with Gasteiger partial charge in [0.2, 0.25) is 0 Å². The number of nitrogens with zero attached hydrogens (tertiary/aromatic N) is 3. The minimum Gasteiger partial charge on any atom is -0.494 e. The number of aromatic nitrogens is 3. The van der Waals surface area contributed by atoms with Crippen LogP contribution in [0, 0.1) is 0 Å². The van der Waals surface area contributed by atoms with Crippen molar-refractivity contribution in [2.45, 2.75) is 174 Å². The molecule has 0 saturated heterocycles. The van der Waals surface area contributed by atoms with Gasteiger partial charge in [0.25, 0.3) is 0 Å². The molecule has 0 fully saturated rings. The van der Waals surface area contributed by atoms with Crippen LogP contribution in [0.3, 0.4) is 0 Å². The molecule has 1 heterocycles. The van der Waals surface area contributed by atoms with Gasteiger partial charge >= 0.3 is 23.9 Å². The minimum absolute atomic E-state index is 0.289. The Hall–Kier alpha value is -8.06. The van der Waals surface area contributed by atoms with Crippen LogP contribution in [-0.2, 0) is 6.54 Å². The summed E-state index contributed by atoms with van der Waals surface area (Å²) in [5.74, 6) is 0.583. The summed E-state index contributed by atoms with van der Waals surface area (Å²) in [6.07, 6.45) is 32.8. The molecule has 7 rings (SSSR count). The van der Waals surface area contributed by atoms with Gasteiger partial charge in [-0.15, -0.1) is 5.10 Å². The van der Waals surface area contributed by atoms with Crippen molar-refractivity contribution in [1.29, 1.82) is 0 Å². The fourth-order valence-corrected chi connectivity index (χ4v) is 9.67. The maximum Gasteiger partial charge on any atom is 0.343 e. The number of unbranched alkanes of at least 4 members (excludes halogenated alkanes) is 22. The number of carbonyl (C=O) groups excluding carboxylic acids is 4. The van der Waals surface area contributed by atoms with Crippen LogP contribution in [0.1, 0.15) is 215 Å². The van der Waals surface area contributed by atoms with Crippen LogP contribution in [0.25, 0.3) is 11.3 Å². The van der Waals surface area contributed by atoms with Crippen LogP contribution in [0.2, 0.25) is 0 Å². The van der Waals surface area contributed by atoms with E-state index in [1.54, 1.807) is 138 Å². The summed E-state index contributed by atoms with van der Waals surface area (Å²) in [7, 11) is 0. The number of benzene rings is 6. The van der Waals surface area contributed by atoms with Gasteiger partial charge in [0.15, 0.2) is 0 Å². The van der Waals surface area contributed by atoms with E-state index in [1.165, 1.54) is 128 Å². The Labute approximate surface area is 497 Å². The fourth-order valence-electron chi connectivity index (χ4n) is 9.67. The van der Waals surface area contributed by atoms with Crippen molar-refractivity contribution >= 4 is 23.9 Å². The van der Waals surface area contributed by atoms with Crippen molar-refractivity contribution in [3.63, 3.8) is 0 Å². The van der Waals surface area contributed by atoms with Crippen LogP contribution >= 0.6 is 0 Å². The molecule has 13 heteroatoms. The topological polar surface area (TPSA) is 154 Å². The Morgan fingerprint density at radius 2 is 0.607 bits per heavy atom. The molecule has 0 radical (unpaired) electrons. The van der Waals surface area contributed by atoms with E-state index in [4.69, 9.17) is 28.4 Å². The highest BCUT2D eigenvalue weighted by Crippen LogP contribution is 2.25. The van der Waals surface area contributed by atoms with E-state index in [1.807, 2.05) is 18.3 Å². The molecule has 6 aromatic carbocycles. The first kappa shape index (κ1) is 63.5. The zero-order chi connectivity index (χ0) is 58.8. The zero-order valence-corrected chi connectivity index (χ0v) is 49.4. The van der Waals surface area contributed by atoms with Crippen LogP contribution in [-0.4, -0.2) is 52.1 Å². The molecule has 0 bridgehead atoms. The molecule has 1 aromatic heterocycles. The Morgan fingerprint density at radius 3 is 0.929 bits per heavy atom. The summed E-state index contributed by atoms with van der Waals surface area (Å²) in [5.41, 5.74) is 3.66.